The maximum atomic E-state index is 14.1. The molecule has 0 bridgehead atoms. The van der Waals surface area contributed by atoms with Gasteiger partial charge in [-0.1, -0.05) is 24.3 Å². The van der Waals surface area contributed by atoms with Crippen LogP contribution in [-0.4, -0.2) is 11.7 Å². The van der Waals surface area contributed by atoms with E-state index in [0.717, 1.165) is 12.1 Å². The second kappa shape index (κ2) is 7.62. The van der Waals surface area contributed by atoms with Crippen molar-refractivity contribution in [3.63, 3.8) is 0 Å². The molecule has 2 aliphatic rings. The number of anilines is 1. The van der Waals surface area contributed by atoms with Crippen LogP contribution in [0.4, 0.5) is 14.5 Å². The van der Waals surface area contributed by atoms with Crippen molar-refractivity contribution in [2.75, 3.05) is 5.32 Å². The number of dihydropyridines is 1. The van der Waals surface area contributed by atoms with Gasteiger partial charge in [-0.25, -0.2) is 8.78 Å². The third-order valence-electron chi connectivity index (χ3n) is 5.35. The lowest BCUT2D eigenvalue weighted by Gasteiger charge is -2.34. The zero-order valence-electron chi connectivity index (χ0n) is 15.9. The number of ketones is 1. The van der Waals surface area contributed by atoms with Gasteiger partial charge in [0.2, 0.25) is 0 Å². The molecule has 148 valence electrons. The van der Waals surface area contributed by atoms with Gasteiger partial charge >= 0.3 is 0 Å². The van der Waals surface area contributed by atoms with Crippen molar-refractivity contribution in [2.24, 2.45) is 0 Å². The fourth-order valence-electron chi connectivity index (χ4n) is 4.03. The Morgan fingerprint density at radius 3 is 2.52 bits per heavy atom. The van der Waals surface area contributed by atoms with E-state index in [4.69, 9.17) is 0 Å². The molecular formula is C23H20F2N2O2. The molecule has 1 aliphatic heterocycles. The number of nitrogens with one attached hydrogen (secondary N) is 2. The van der Waals surface area contributed by atoms with Gasteiger partial charge in [0.25, 0.3) is 5.91 Å². The summed E-state index contributed by atoms with van der Waals surface area (Å²) in [5.74, 6) is -2.11. The summed E-state index contributed by atoms with van der Waals surface area (Å²) < 4.78 is 27.6. The first kappa shape index (κ1) is 19.1. The highest BCUT2D eigenvalue weighted by molar-refractivity contribution is 6.09. The number of benzene rings is 2. The van der Waals surface area contributed by atoms with E-state index < -0.39 is 23.5 Å². The van der Waals surface area contributed by atoms with E-state index in [-0.39, 0.29) is 11.5 Å². The van der Waals surface area contributed by atoms with Crippen molar-refractivity contribution in [3.8, 4) is 0 Å². The molecule has 0 aromatic heterocycles. The summed E-state index contributed by atoms with van der Waals surface area (Å²) in [6.07, 6.45) is 1.85. The molecule has 4 nitrogen and oxygen atoms in total. The highest BCUT2D eigenvalue weighted by atomic mass is 19.1. The topological polar surface area (TPSA) is 58.2 Å². The number of carbonyl (C=O) groups excluding carboxylic acids is 2. The second-order valence-electron chi connectivity index (χ2n) is 7.25. The van der Waals surface area contributed by atoms with Crippen LogP contribution in [0.5, 0.6) is 0 Å². The van der Waals surface area contributed by atoms with Crippen LogP contribution >= 0.6 is 0 Å². The van der Waals surface area contributed by atoms with Crippen LogP contribution in [0.3, 0.4) is 0 Å². The average Bonchev–Trinajstić information content (AvgIpc) is 2.69. The molecule has 1 amide bonds. The number of rotatable bonds is 3. The SMILES string of the molecule is CC1=C(C(=O)Nc2ccccc2F)C(c2ccc(F)cc2)C2=C(CCCC2=O)N1. The minimum Gasteiger partial charge on any atom is -0.362 e. The van der Waals surface area contributed by atoms with Gasteiger partial charge in [0, 0.05) is 34.9 Å². The quantitative estimate of drug-likeness (QED) is 0.802. The molecule has 0 saturated heterocycles. The minimum absolute atomic E-state index is 0.0308. The Morgan fingerprint density at radius 2 is 1.79 bits per heavy atom. The van der Waals surface area contributed by atoms with E-state index in [1.165, 1.54) is 30.3 Å². The summed E-state index contributed by atoms with van der Waals surface area (Å²) in [4.78, 5) is 26.0. The fourth-order valence-corrected chi connectivity index (χ4v) is 4.03. The van der Waals surface area contributed by atoms with E-state index in [1.54, 1.807) is 25.1 Å². The van der Waals surface area contributed by atoms with Crippen LogP contribution in [0.25, 0.3) is 0 Å². The van der Waals surface area contributed by atoms with Gasteiger partial charge in [0.1, 0.15) is 11.6 Å². The molecule has 0 saturated carbocycles. The zero-order valence-corrected chi connectivity index (χ0v) is 15.9. The summed E-state index contributed by atoms with van der Waals surface area (Å²) in [6, 6.07) is 11.7. The van der Waals surface area contributed by atoms with Crippen molar-refractivity contribution in [1.29, 1.82) is 0 Å². The number of halogens is 2. The van der Waals surface area contributed by atoms with Crippen LogP contribution in [0.2, 0.25) is 0 Å². The third-order valence-corrected chi connectivity index (χ3v) is 5.35. The van der Waals surface area contributed by atoms with Gasteiger partial charge in [-0.05, 0) is 49.6 Å². The number of Topliss-reactive ketones (excluding diaryl/α,β-unsaturated/α-hetero) is 1. The summed E-state index contributed by atoms with van der Waals surface area (Å²) in [5.41, 5.74) is 2.97. The molecule has 6 heteroatoms. The summed E-state index contributed by atoms with van der Waals surface area (Å²) in [6.45, 7) is 1.76. The first-order valence-corrected chi connectivity index (χ1v) is 9.51. The zero-order chi connectivity index (χ0) is 20.5. The minimum atomic E-state index is -0.633. The first-order valence-electron chi connectivity index (χ1n) is 9.51. The van der Waals surface area contributed by atoms with Gasteiger partial charge < -0.3 is 10.6 Å². The van der Waals surface area contributed by atoms with E-state index in [2.05, 4.69) is 10.6 Å². The number of amides is 1. The van der Waals surface area contributed by atoms with Crippen molar-refractivity contribution in [2.45, 2.75) is 32.1 Å². The van der Waals surface area contributed by atoms with Crippen LogP contribution in [0.15, 0.2) is 71.1 Å². The average molecular weight is 394 g/mol. The Bertz CT molecular complexity index is 1050. The van der Waals surface area contributed by atoms with Gasteiger partial charge in [0.05, 0.1) is 5.69 Å². The second-order valence-corrected chi connectivity index (χ2v) is 7.25. The molecule has 0 fully saturated rings. The van der Waals surface area contributed by atoms with Crippen LogP contribution in [-0.2, 0) is 9.59 Å². The van der Waals surface area contributed by atoms with Crippen LogP contribution in [0, 0.1) is 11.6 Å². The lowest BCUT2D eigenvalue weighted by atomic mass is 9.75. The van der Waals surface area contributed by atoms with Crippen molar-refractivity contribution < 1.29 is 18.4 Å². The summed E-state index contributed by atoms with van der Waals surface area (Å²) in [7, 11) is 0. The molecule has 2 N–H and O–H groups in total. The Morgan fingerprint density at radius 1 is 1.07 bits per heavy atom. The largest absolute Gasteiger partial charge is 0.362 e. The molecule has 29 heavy (non-hydrogen) atoms. The van der Waals surface area contributed by atoms with E-state index in [0.29, 0.717) is 35.2 Å². The highest BCUT2D eigenvalue weighted by Crippen LogP contribution is 2.42. The van der Waals surface area contributed by atoms with Gasteiger partial charge in [-0.15, -0.1) is 0 Å². The Hall–Kier alpha value is -3.28. The first-order chi connectivity index (χ1) is 14.0. The predicted octanol–water partition coefficient (Wildman–Crippen LogP) is 4.57. The number of hydrogen-bond donors (Lipinski definition) is 2. The number of carbonyl (C=O) groups is 2. The lowest BCUT2D eigenvalue weighted by Crippen LogP contribution is -2.35. The van der Waals surface area contributed by atoms with Crippen molar-refractivity contribution in [3.05, 3.63) is 88.3 Å². The number of para-hydroxylation sites is 1. The molecule has 1 unspecified atom stereocenters. The lowest BCUT2D eigenvalue weighted by molar-refractivity contribution is -0.116. The molecular weight excluding hydrogens is 374 g/mol. The van der Waals surface area contributed by atoms with E-state index in [9.17, 15) is 18.4 Å². The van der Waals surface area contributed by atoms with Crippen molar-refractivity contribution >= 4 is 17.4 Å². The standard InChI is InChI=1S/C23H20F2N2O2/c1-13-20(23(29)27-17-6-3-2-5-16(17)25)21(14-9-11-15(24)12-10-14)22-18(26-13)7-4-8-19(22)28/h2-3,5-6,9-12,21,26H,4,7-8H2,1H3,(H,27,29). The molecule has 0 spiro atoms. The van der Waals surface area contributed by atoms with E-state index in [1.807, 2.05) is 0 Å². The normalized spacial score (nSPS) is 19.0. The predicted molar refractivity (Wildman–Crippen MR) is 106 cm³/mol. The molecule has 2 aromatic rings. The number of hydrogen-bond acceptors (Lipinski definition) is 3. The van der Waals surface area contributed by atoms with E-state index >= 15 is 0 Å². The summed E-state index contributed by atoms with van der Waals surface area (Å²) in [5, 5.41) is 5.81. The smallest absolute Gasteiger partial charge is 0.254 e. The maximum Gasteiger partial charge on any atom is 0.254 e. The summed E-state index contributed by atoms with van der Waals surface area (Å²) >= 11 is 0. The Balaban J connectivity index is 1.79. The Kier molecular flexibility index (Phi) is 5.01. The highest BCUT2D eigenvalue weighted by Gasteiger charge is 2.38. The fraction of sp³-hybridized carbons (Fsp3) is 0.217. The molecule has 0 radical (unpaired) electrons. The maximum absolute atomic E-state index is 14.1. The van der Waals surface area contributed by atoms with Gasteiger partial charge in [-0.2, -0.15) is 0 Å². The third kappa shape index (κ3) is 3.58. The van der Waals surface area contributed by atoms with Gasteiger partial charge in [0.15, 0.2) is 5.78 Å². The van der Waals surface area contributed by atoms with Crippen molar-refractivity contribution in [1.82, 2.24) is 5.32 Å². The van der Waals surface area contributed by atoms with Gasteiger partial charge in [-0.3, -0.25) is 9.59 Å². The number of allylic oxidation sites excluding steroid dienone is 3. The Labute approximate surface area is 167 Å². The molecule has 1 heterocycles. The van der Waals surface area contributed by atoms with Crippen LogP contribution in [0.1, 0.15) is 37.7 Å². The molecule has 2 aromatic carbocycles. The monoisotopic (exact) mass is 394 g/mol. The molecule has 1 atom stereocenters. The van der Waals surface area contributed by atoms with Crippen LogP contribution < -0.4 is 10.6 Å². The molecule has 1 aliphatic carbocycles. The molecule has 4 rings (SSSR count).